The standard InChI is InChI=1S/C13H19N3O2S/c1-3-13(4-2)12(18)16(9-10(17)15-13)7-5-11-14-6-8-19-11/h6,8H,3-5,7,9H2,1-2H3,(H,15,17). The van der Waals surface area contributed by atoms with Crippen LogP contribution in [0.4, 0.5) is 0 Å². The predicted molar refractivity (Wildman–Crippen MR) is 73.9 cm³/mol. The average molecular weight is 281 g/mol. The van der Waals surface area contributed by atoms with Crippen molar-refractivity contribution in [2.75, 3.05) is 13.1 Å². The van der Waals surface area contributed by atoms with E-state index in [-0.39, 0.29) is 18.4 Å². The van der Waals surface area contributed by atoms with Crippen LogP contribution in [0.3, 0.4) is 0 Å². The number of rotatable bonds is 5. The number of hydrogen-bond acceptors (Lipinski definition) is 4. The van der Waals surface area contributed by atoms with Gasteiger partial charge >= 0.3 is 0 Å². The van der Waals surface area contributed by atoms with Gasteiger partial charge in [0.15, 0.2) is 0 Å². The molecule has 0 radical (unpaired) electrons. The Labute approximate surface area is 117 Å². The van der Waals surface area contributed by atoms with Gasteiger partial charge in [0.2, 0.25) is 11.8 Å². The Kier molecular flexibility index (Phi) is 4.19. The van der Waals surface area contributed by atoms with Crippen LogP contribution in [0.15, 0.2) is 11.6 Å². The molecule has 5 nitrogen and oxygen atoms in total. The van der Waals surface area contributed by atoms with Crippen molar-refractivity contribution in [2.45, 2.75) is 38.6 Å². The Balaban J connectivity index is 2.07. The lowest BCUT2D eigenvalue weighted by Crippen LogP contribution is -2.66. The summed E-state index contributed by atoms with van der Waals surface area (Å²) in [5.41, 5.74) is -0.710. The first-order chi connectivity index (χ1) is 9.11. The molecule has 0 spiro atoms. The minimum absolute atomic E-state index is 0.0358. The van der Waals surface area contributed by atoms with Gasteiger partial charge in [-0.2, -0.15) is 0 Å². The smallest absolute Gasteiger partial charge is 0.248 e. The first kappa shape index (κ1) is 14.0. The Hall–Kier alpha value is -1.43. The lowest BCUT2D eigenvalue weighted by molar-refractivity contribution is -0.150. The summed E-state index contributed by atoms with van der Waals surface area (Å²) in [5.74, 6) is -0.0314. The maximum Gasteiger partial charge on any atom is 0.248 e. The van der Waals surface area contributed by atoms with Crippen molar-refractivity contribution in [3.63, 3.8) is 0 Å². The van der Waals surface area contributed by atoms with Crippen LogP contribution in [-0.2, 0) is 16.0 Å². The monoisotopic (exact) mass is 281 g/mol. The molecule has 2 heterocycles. The molecule has 6 heteroatoms. The summed E-state index contributed by atoms with van der Waals surface area (Å²) in [7, 11) is 0. The maximum absolute atomic E-state index is 12.5. The molecule has 0 bridgehead atoms. The van der Waals surface area contributed by atoms with Crippen molar-refractivity contribution < 1.29 is 9.59 Å². The quantitative estimate of drug-likeness (QED) is 0.882. The minimum atomic E-state index is -0.710. The number of nitrogens with zero attached hydrogens (tertiary/aromatic N) is 2. The zero-order valence-corrected chi connectivity index (χ0v) is 12.1. The van der Waals surface area contributed by atoms with E-state index < -0.39 is 5.54 Å². The fourth-order valence-corrected chi connectivity index (χ4v) is 3.03. The third kappa shape index (κ3) is 2.78. The number of carbonyl (C=O) groups is 2. The van der Waals surface area contributed by atoms with E-state index in [9.17, 15) is 9.59 Å². The summed E-state index contributed by atoms with van der Waals surface area (Å²) in [5, 5.41) is 5.78. The van der Waals surface area contributed by atoms with Gasteiger partial charge in [0.05, 0.1) is 11.6 Å². The second kappa shape index (κ2) is 5.69. The summed E-state index contributed by atoms with van der Waals surface area (Å²) in [6, 6.07) is 0. The van der Waals surface area contributed by atoms with Crippen molar-refractivity contribution >= 4 is 23.2 Å². The summed E-state index contributed by atoms with van der Waals surface area (Å²) >= 11 is 1.58. The molecule has 1 saturated heterocycles. The fourth-order valence-electron chi connectivity index (χ4n) is 2.42. The first-order valence-corrected chi connectivity index (χ1v) is 7.48. The molecule has 1 fully saturated rings. The van der Waals surface area contributed by atoms with Crippen LogP contribution in [0, 0.1) is 0 Å². The van der Waals surface area contributed by atoms with Crippen LogP contribution < -0.4 is 5.32 Å². The van der Waals surface area contributed by atoms with Gasteiger partial charge in [-0.25, -0.2) is 4.98 Å². The Morgan fingerprint density at radius 2 is 2.16 bits per heavy atom. The van der Waals surface area contributed by atoms with Gasteiger partial charge in [-0.15, -0.1) is 11.3 Å². The van der Waals surface area contributed by atoms with E-state index in [0.717, 1.165) is 5.01 Å². The summed E-state index contributed by atoms with van der Waals surface area (Å²) in [6.45, 7) is 4.59. The molecular weight excluding hydrogens is 262 g/mol. The van der Waals surface area contributed by atoms with Gasteiger partial charge in [0.1, 0.15) is 5.54 Å². The molecule has 1 aromatic heterocycles. The van der Waals surface area contributed by atoms with Crippen LogP contribution in [0.2, 0.25) is 0 Å². The van der Waals surface area contributed by atoms with Crippen LogP contribution in [0.25, 0.3) is 0 Å². The molecule has 0 unspecified atom stereocenters. The fraction of sp³-hybridized carbons (Fsp3) is 0.615. The van der Waals surface area contributed by atoms with Crippen LogP contribution >= 0.6 is 11.3 Å². The molecule has 0 aromatic carbocycles. The summed E-state index contributed by atoms with van der Waals surface area (Å²) in [6.07, 6.45) is 3.72. The molecule has 2 amide bonds. The number of piperazine rings is 1. The SMILES string of the molecule is CCC1(CC)NC(=O)CN(CCc2nccs2)C1=O. The lowest BCUT2D eigenvalue weighted by atomic mass is 9.89. The number of carbonyl (C=O) groups excluding carboxylic acids is 2. The molecule has 0 atom stereocenters. The topological polar surface area (TPSA) is 62.3 Å². The van der Waals surface area contributed by atoms with E-state index in [1.54, 1.807) is 22.4 Å². The largest absolute Gasteiger partial charge is 0.340 e. The Morgan fingerprint density at radius 3 is 2.74 bits per heavy atom. The van der Waals surface area contributed by atoms with Gasteiger partial charge in [-0.05, 0) is 12.8 Å². The second-order valence-corrected chi connectivity index (χ2v) is 5.72. The summed E-state index contributed by atoms with van der Waals surface area (Å²) < 4.78 is 0. The molecule has 0 saturated carbocycles. The van der Waals surface area contributed by atoms with E-state index in [1.807, 2.05) is 19.2 Å². The molecule has 2 rings (SSSR count). The molecular formula is C13H19N3O2S. The van der Waals surface area contributed by atoms with Crippen molar-refractivity contribution in [3.05, 3.63) is 16.6 Å². The first-order valence-electron chi connectivity index (χ1n) is 6.60. The van der Waals surface area contributed by atoms with Crippen LogP contribution in [0.1, 0.15) is 31.7 Å². The number of amides is 2. The number of nitrogens with one attached hydrogen (secondary N) is 1. The Morgan fingerprint density at radius 1 is 1.42 bits per heavy atom. The highest BCUT2D eigenvalue weighted by molar-refractivity contribution is 7.09. The predicted octanol–water partition coefficient (Wildman–Crippen LogP) is 1.20. The zero-order valence-electron chi connectivity index (χ0n) is 11.3. The van der Waals surface area contributed by atoms with Gasteiger partial charge in [0, 0.05) is 24.5 Å². The highest BCUT2D eigenvalue weighted by Crippen LogP contribution is 2.22. The minimum Gasteiger partial charge on any atom is -0.340 e. The van der Waals surface area contributed by atoms with Crippen molar-refractivity contribution in [3.8, 4) is 0 Å². The van der Waals surface area contributed by atoms with Gasteiger partial charge < -0.3 is 10.2 Å². The number of aromatic nitrogens is 1. The van der Waals surface area contributed by atoms with Gasteiger partial charge in [-0.1, -0.05) is 13.8 Å². The van der Waals surface area contributed by atoms with Crippen LogP contribution in [0.5, 0.6) is 0 Å². The number of hydrogen-bond donors (Lipinski definition) is 1. The highest BCUT2D eigenvalue weighted by Gasteiger charge is 2.43. The van der Waals surface area contributed by atoms with Crippen molar-refractivity contribution in [1.29, 1.82) is 0 Å². The van der Waals surface area contributed by atoms with Gasteiger partial charge in [-0.3, -0.25) is 9.59 Å². The van der Waals surface area contributed by atoms with Crippen molar-refractivity contribution in [1.82, 2.24) is 15.2 Å². The molecule has 1 aromatic rings. The average Bonchev–Trinajstić information content (AvgIpc) is 2.92. The molecule has 0 aliphatic carbocycles. The molecule has 1 aliphatic heterocycles. The summed E-state index contributed by atoms with van der Waals surface area (Å²) in [4.78, 5) is 30.2. The molecule has 104 valence electrons. The molecule has 19 heavy (non-hydrogen) atoms. The zero-order chi connectivity index (χ0) is 13.9. The van der Waals surface area contributed by atoms with E-state index >= 15 is 0 Å². The van der Waals surface area contributed by atoms with Gasteiger partial charge in [0.25, 0.3) is 0 Å². The molecule has 1 N–H and O–H groups in total. The third-order valence-electron chi connectivity index (χ3n) is 3.70. The van der Waals surface area contributed by atoms with Crippen LogP contribution in [-0.4, -0.2) is 40.3 Å². The molecule has 1 aliphatic rings. The van der Waals surface area contributed by atoms with E-state index in [1.165, 1.54) is 0 Å². The lowest BCUT2D eigenvalue weighted by Gasteiger charge is -2.41. The number of thiazole rings is 1. The maximum atomic E-state index is 12.5. The normalized spacial score (nSPS) is 18.5. The third-order valence-corrected chi connectivity index (χ3v) is 4.54. The van der Waals surface area contributed by atoms with E-state index in [0.29, 0.717) is 25.8 Å². The van der Waals surface area contributed by atoms with Crippen molar-refractivity contribution in [2.24, 2.45) is 0 Å². The van der Waals surface area contributed by atoms with E-state index in [4.69, 9.17) is 0 Å². The highest BCUT2D eigenvalue weighted by atomic mass is 32.1. The second-order valence-electron chi connectivity index (χ2n) is 4.74. The van der Waals surface area contributed by atoms with E-state index in [2.05, 4.69) is 10.3 Å². The Bertz CT molecular complexity index is 454.